The number of non-ortho nitro benzene ring substituents is 1. The third-order valence-corrected chi connectivity index (χ3v) is 2.84. The van der Waals surface area contributed by atoms with Gasteiger partial charge in [-0.05, 0) is 18.6 Å². The summed E-state index contributed by atoms with van der Waals surface area (Å²) in [5.74, 6) is -0.628. The van der Waals surface area contributed by atoms with Crippen LogP contribution >= 0.6 is 0 Å². The minimum Gasteiger partial charge on any atom is -0.376 e. The standard InChI is InChI=1S/C14H13FN2O2/c1-10(11-5-3-2-4-6-11)16-14-8-7-12(17(18)19)9-13(14)15/h2-10,16H,1H3. The van der Waals surface area contributed by atoms with Crippen LogP contribution in [0.3, 0.4) is 0 Å². The van der Waals surface area contributed by atoms with Crippen LogP contribution in [-0.4, -0.2) is 4.92 Å². The molecule has 2 rings (SSSR count). The Balaban J connectivity index is 2.18. The Labute approximate surface area is 110 Å². The summed E-state index contributed by atoms with van der Waals surface area (Å²) in [6.45, 7) is 1.90. The molecule has 0 aliphatic rings. The van der Waals surface area contributed by atoms with Crippen LogP contribution < -0.4 is 5.32 Å². The molecular weight excluding hydrogens is 247 g/mol. The molecule has 0 heterocycles. The van der Waals surface area contributed by atoms with Crippen molar-refractivity contribution in [3.63, 3.8) is 0 Å². The highest BCUT2D eigenvalue weighted by molar-refractivity contribution is 5.51. The Morgan fingerprint density at radius 1 is 1.21 bits per heavy atom. The second kappa shape index (κ2) is 5.48. The van der Waals surface area contributed by atoms with Gasteiger partial charge in [-0.3, -0.25) is 10.1 Å². The Morgan fingerprint density at radius 2 is 1.89 bits per heavy atom. The van der Waals surface area contributed by atoms with E-state index in [1.165, 1.54) is 12.1 Å². The van der Waals surface area contributed by atoms with Crippen LogP contribution in [0.25, 0.3) is 0 Å². The maximum absolute atomic E-state index is 13.7. The SMILES string of the molecule is CC(Nc1ccc([N+](=O)[O-])cc1F)c1ccccc1. The Bertz CT molecular complexity index is 587. The van der Waals surface area contributed by atoms with E-state index in [0.717, 1.165) is 11.6 Å². The average molecular weight is 260 g/mol. The minimum absolute atomic E-state index is 0.0860. The van der Waals surface area contributed by atoms with Crippen molar-refractivity contribution < 1.29 is 9.31 Å². The normalized spacial score (nSPS) is 11.9. The smallest absolute Gasteiger partial charge is 0.272 e. The van der Waals surface area contributed by atoms with Gasteiger partial charge in [0, 0.05) is 12.1 Å². The van der Waals surface area contributed by atoms with Crippen LogP contribution in [-0.2, 0) is 0 Å². The summed E-state index contributed by atoms with van der Waals surface area (Å²) >= 11 is 0. The van der Waals surface area contributed by atoms with Gasteiger partial charge in [-0.2, -0.15) is 0 Å². The number of nitrogens with zero attached hydrogens (tertiary/aromatic N) is 1. The zero-order valence-electron chi connectivity index (χ0n) is 10.3. The molecule has 0 spiro atoms. The number of anilines is 1. The summed E-state index contributed by atoms with van der Waals surface area (Å²) in [6, 6.07) is 13.1. The van der Waals surface area contributed by atoms with Crippen molar-refractivity contribution in [2.45, 2.75) is 13.0 Å². The van der Waals surface area contributed by atoms with E-state index in [0.29, 0.717) is 0 Å². The molecule has 5 heteroatoms. The number of nitro benzene ring substituents is 1. The molecule has 1 atom stereocenters. The van der Waals surface area contributed by atoms with Crippen molar-refractivity contribution in [3.8, 4) is 0 Å². The van der Waals surface area contributed by atoms with Gasteiger partial charge in [-0.15, -0.1) is 0 Å². The van der Waals surface area contributed by atoms with Gasteiger partial charge in [0.1, 0.15) is 0 Å². The van der Waals surface area contributed by atoms with Crippen LogP contribution in [0.2, 0.25) is 0 Å². The first kappa shape index (κ1) is 13.0. The molecule has 2 aromatic rings. The van der Waals surface area contributed by atoms with Crippen molar-refractivity contribution in [1.29, 1.82) is 0 Å². The van der Waals surface area contributed by atoms with E-state index in [1.54, 1.807) is 0 Å². The van der Waals surface area contributed by atoms with E-state index in [-0.39, 0.29) is 17.4 Å². The lowest BCUT2D eigenvalue weighted by molar-refractivity contribution is -0.385. The molecule has 2 aromatic carbocycles. The number of nitro groups is 1. The largest absolute Gasteiger partial charge is 0.376 e. The van der Waals surface area contributed by atoms with E-state index in [2.05, 4.69) is 5.32 Å². The lowest BCUT2D eigenvalue weighted by Crippen LogP contribution is -2.08. The van der Waals surface area contributed by atoms with E-state index >= 15 is 0 Å². The summed E-state index contributed by atoms with van der Waals surface area (Å²) in [5.41, 5.74) is 1.01. The zero-order valence-corrected chi connectivity index (χ0v) is 10.3. The molecule has 1 N–H and O–H groups in total. The van der Waals surface area contributed by atoms with Crippen LogP contribution in [0.4, 0.5) is 15.8 Å². The van der Waals surface area contributed by atoms with Crippen LogP contribution in [0.1, 0.15) is 18.5 Å². The molecule has 19 heavy (non-hydrogen) atoms. The highest BCUT2D eigenvalue weighted by Gasteiger charge is 2.12. The topological polar surface area (TPSA) is 55.2 Å². The Kier molecular flexibility index (Phi) is 3.75. The highest BCUT2D eigenvalue weighted by Crippen LogP contribution is 2.24. The maximum Gasteiger partial charge on any atom is 0.272 e. The van der Waals surface area contributed by atoms with Gasteiger partial charge in [0.25, 0.3) is 5.69 Å². The molecule has 0 amide bonds. The minimum atomic E-state index is -0.628. The van der Waals surface area contributed by atoms with Gasteiger partial charge in [0.15, 0.2) is 5.82 Å². The van der Waals surface area contributed by atoms with Crippen molar-refractivity contribution in [1.82, 2.24) is 0 Å². The second-order valence-corrected chi connectivity index (χ2v) is 4.20. The number of hydrogen-bond donors (Lipinski definition) is 1. The first-order valence-corrected chi connectivity index (χ1v) is 5.83. The molecule has 4 nitrogen and oxygen atoms in total. The average Bonchev–Trinajstić information content (AvgIpc) is 2.41. The van der Waals surface area contributed by atoms with Crippen molar-refractivity contribution in [2.75, 3.05) is 5.32 Å². The maximum atomic E-state index is 13.7. The molecule has 98 valence electrons. The molecule has 1 unspecified atom stereocenters. The van der Waals surface area contributed by atoms with Gasteiger partial charge < -0.3 is 5.32 Å². The molecule has 0 saturated heterocycles. The summed E-state index contributed by atoms with van der Waals surface area (Å²) < 4.78 is 13.7. The third-order valence-electron chi connectivity index (χ3n) is 2.84. The highest BCUT2D eigenvalue weighted by atomic mass is 19.1. The van der Waals surface area contributed by atoms with Crippen molar-refractivity contribution in [2.24, 2.45) is 0 Å². The van der Waals surface area contributed by atoms with E-state index in [9.17, 15) is 14.5 Å². The molecule has 0 radical (unpaired) electrons. The number of halogens is 1. The summed E-state index contributed by atoms with van der Waals surface area (Å²) in [5, 5.41) is 13.5. The van der Waals surface area contributed by atoms with Gasteiger partial charge in [0.2, 0.25) is 0 Å². The monoisotopic (exact) mass is 260 g/mol. The Hall–Kier alpha value is -2.43. The molecule has 0 bridgehead atoms. The predicted molar refractivity (Wildman–Crippen MR) is 71.5 cm³/mol. The van der Waals surface area contributed by atoms with E-state index < -0.39 is 10.7 Å². The fraction of sp³-hybridized carbons (Fsp3) is 0.143. The second-order valence-electron chi connectivity index (χ2n) is 4.20. The van der Waals surface area contributed by atoms with Gasteiger partial charge in [0.05, 0.1) is 16.7 Å². The van der Waals surface area contributed by atoms with Gasteiger partial charge in [-0.25, -0.2) is 4.39 Å². The van der Waals surface area contributed by atoms with Crippen LogP contribution in [0.15, 0.2) is 48.5 Å². The van der Waals surface area contributed by atoms with Crippen LogP contribution in [0, 0.1) is 15.9 Å². The summed E-state index contributed by atoms with van der Waals surface area (Å²) in [6.07, 6.45) is 0. The molecule has 0 saturated carbocycles. The molecule has 0 aromatic heterocycles. The first-order chi connectivity index (χ1) is 9.08. The zero-order chi connectivity index (χ0) is 13.8. The number of benzene rings is 2. The molecule has 0 fully saturated rings. The van der Waals surface area contributed by atoms with Crippen molar-refractivity contribution >= 4 is 11.4 Å². The number of rotatable bonds is 4. The lowest BCUT2D eigenvalue weighted by atomic mass is 10.1. The Morgan fingerprint density at radius 3 is 2.47 bits per heavy atom. The predicted octanol–water partition coefficient (Wildman–Crippen LogP) is 3.91. The quantitative estimate of drug-likeness (QED) is 0.669. The lowest BCUT2D eigenvalue weighted by Gasteiger charge is -2.16. The first-order valence-electron chi connectivity index (χ1n) is 5.83. The summed E-state index contributed by atoms with van der Waals surface area (Å²) in [7, 11) is 0. The molecule has 0 aliphatic carbocycles. The summed E-state index contributed by atoms with van der Waals surface area (Å²) in [4.78, 5) is 9.91. The molecule has 0 aliphatic heterocycles. The van der Waals surface area contributed by atoms with Gasteiger partial charge >= 0.3 is 0 Å². The number of hydrogen-bond acceptors (Lipinski definition) is 3. The third kappa shape index (κ3) is 3.07. The van der Waals surface area contributed by atoms with Crippen LogP contribution in [0.5, 0.6) is 0 Å². The number of nitrogens with one attached hydrogen (secondary N) is 1. The fourth-order valence-electron chi connectivity index (χ4n) is 1.79. The van der Waals surface area contributed by atoms with E-state index in [4.69, 9.17) is 0 Å². The fourth-order valence-corrected chi connectivity index (χ4v) is 1.79. The molecular formula is C14H13FN2O2. The van der Waals surface area contributed by atoms with Gasteiger partial charge in [-0.1, -0.05) is 30.3 Å². The van der Waals surface area contributed by atoms with Crippen molar-refractivity contribution in [3.05, 3.63) is 70.0 Å². The van der Waals surface area contributed by atoms with E-state index in [1.807, 2.05) is 37.3 Å².